The summed E-state index contributed by atoms with van der Waals surface area (Å²) in [6, 6.07) is 27.5. The molecule has 2 nitrogen and oxygen atoms in total. The molecule has 0 aliphatic heterocycles. The van der Waals surface area contributed by atoms with Gasteiger partial charge in [-0.3, -0.25) is 0 Å². The molecule has 0 fully saturated rings. The predicted octanol–water partition coefficient (Wildman–Crippen LogP) is 10.9. The third kappa shape index (κ3) is 6.25. The molecule has 2 heterocycles. The van der Waals surface area contributed by atoms with Crippen molar-refractivity contribution in [3.05, 3.63) is 106 Å². The standard InChI is InChI=1S/C44H56N2/c1-5-7-9-11-13-21-31-45-34(3)42(38-25-17-19-27-40(38)45)44(30-29-36-23-15-16-24-37(36)33-44)43-35(4)46(32-22-14-12-10-8-6-2)41-28-20-18-26-39(41)43/h15-20,23-29,33H,5-14,21-22,30-32H2,1-4H3. The molecule has 0 bridgehead atoms. The number of hydrogen-bond acceptors (Lipinski definition) is 0. The summed E-state index contributed by atoms with van der Waals surface area (Å²) in [5.74, 6) is 0. The van der Waals surface area contributed by atoms with Crippen LogP contribution in [-0.2, 0) is 18.5 Å². The molecule has 0 radical (unpaired) electrons. The first-order valence-corrected chi connectivity index (χ1v) is 18.6. The quantitative estimate of drug-likeness (QED) is 0.0981. The highest BCUT2D eigenvalue weighted by molar-refractivity contribution is 5.95. The van der Waals surface area contributed by atoms with E-state index in [0.717, 1.165) is 19.5 Å². The number of benzene rings is 3. The van der Waals surface area contributed by atoms with Crippen LogP contribution in [-0.4, -0.2) is 9.13 Å². The third-order valence-electron chi connectivity index (χ3n) is 10.9. The fourth-order valence-corrected chi connectivity index (χ4v) is 8.56. The first-order valence-electron chi connectivity index (χ1n) is 18.6. The maximum Gasteiger partial charge on any atom is 0.0485 e. The van der Waals surface area contributed by atoms with Crippen LogP contribution < -0.4 is 10.4 Å². The van der Waals surface area contributed by atoms with Gasteiger partial charge >= 0.3 is 0 Å². The van der Waals surface area contributed by atoms with Crippen molar-refractivity contribution in [3.63, 3.8) is 0 Å². The Kier molecular flexibility index (Phi) is 10.5. The molecule has 1 aliphatic rings. The SMILES string of the molecule is CCCCCCCCn1c(C)c(C2(c3c(C)n(CCCCCCCC)c4ccccc34)C=c3ccccc3=CC2)c2ccccc21. The number of rotatable bonds is 16. The fourth-order valence-electron chi connectivity index (χ4n) is 8.56. The zero-order valence-corrected chi connectivity index (χ0v) is 29.1. The molecule has 0 saturated heterocycles. The molecule has 0 spiro atoms. The van der Waals surface area contributed by atoms with E-state index in [1.54, 1.807) is 0 Å². The molecule has 242 valence electrons. The average molecular weight is 613 g/mol. The maximum absolute atomic E-state index is 2.66. The zero-order chi connectivity index (χ0) is 31.9. The van der Waals surface area contributed by atoms with Crippen molar-refractivity contribution in [3.8, 4) is 0 Å². The summed E-state index contributed by atoms with van der Waals surface area (Å²) in [6.07, 6.45) is 22.0. The second kappa shape index (κ2) is 14.9. The van der Waals surface area contributed by atoms with Crippen LogP contribution in [0.1, 0.15) is 120 Å². The lowest BCUT2D eigenvalue weighted by atomic mass is 9.67. The van der Waals surface area contributed by atoms with Gasteiger partial charge in [-0.2, -0.15) is 0 Å². The first-order chi connectivity index (χ1) is 22.6. The Morgan fingerprint density at radius 1 is 0.522 bits per heavy atom. The van der Waals surface area contributed by atoms with Crippen LogP contribution in [0.25, 0.3) is 34.0 Å². The lowest BCUT2D eigenvalue weighted by Crippen LogP contribution is -2.38. The molecule has 5 aromatic rings. The molecule has 0 N–H and O–H groups in total. The van der Waals surface area contributed by atoms with Crippen molar-refractivity contribution < 1.29 is 0 Å². The van der Waals surface area contributed by atoms with Crippen molar-refractivity contribution in [1.29, 1.82) is 0 Å². The van der Waals surface area contributed by atoms with Crippen LogP contribution >= 0.6 is 0 Å². The smallest absolute Gasteiger partial charge is 0.0485 e. The minimum atomic E-state index is -0.250. The van der Waals surface area contributed by atoms with Gasteiger partial charge in [0, 0.05) is 51.7 Å². The van der Waals surface area contributed by atoms with Gasteiger partial charge in [-0.15, -0.1) is 0 Å². The minimum absolute atomic E-state index is 0.250. The van der Waals surface area contributed by atoms with Crippen LogP contribution in [0.15, 0.2) is 72.8 Å². The summed E-state index contributed by atoms with van der Waals surface area (Å²) in [7, 11) is 0. The predicted molar refractivity (Wildman–Crippen MR) is 200 cm³/mol. The summed E-state index contributed by atoms with van der Waals surface area (Å²) in [5.41, 5.74) is 8.42. The molecule has 3 aromatic carbocycles. The number of hydrogen-bond donors (Lipinski definition) is 0. The van der Waals surface area contributed by atoms with Gasteiger partial charge in [0.1, 0.15) is 0 Å². The van der Waals surface area contributed by atoms with Crippen LogP contribution in [0.3, 0.4) is 0 Å². The molecule has 1 aliphatic carbocycles. The van der Waals surface area contributed by atoms with Crippen molar-refractivity contribution in [1.82, 2.24) is 9.13 Å². The summed E-state index contributed by atoms with van der Waals surface area (Å²) in [6.45, 7) is 11.6. The fraction of sp³-hybridized carbons (Fsp3) is 0.455. The highest BCUT2D eigenvalue weighted by atomic mass is 15.0. The second-order valence-corrected chi connectivity index (χ2v) is 13.9. The largest absolute Gasteiger partial charge is 0.345 e. The minimum Gasteiger partial charge on any atom is -0.345 e. The van der Waals surface area contributed by atoms with Crippen LogP contribution in [0.4, 0.5) is 0 Å². The maximum atomic E-state index is 2.66. The Balaban J connectivity index is 1.51. The lowest BCUT2D eigenvalue weighted by Gasteiger charge is -2.34. The van der Waals surface area contributed by atoms with Crippen LogP contribution in [0.2, 0.25) is 0 Å². The average Bonchev–Trinajstić information content (AvgIpc) is 3.53. The second-order valence-electron chi connectivity index (χ2n) is 13.9. The van der Waals surface area contributed by atoms with Crippen molar-refractivity contribution in [2.24, 2.45) is 0 Å². The molecule has 2 heteroatoms. The van der Waals surface area contributed by atoms with Crippen molar-refractivity contribution >= 4 is 34.0 Å². The summed E-state index contributed by atoms with van der Waals surface area (Å²) in [5, 5.41) is 5.55. The summed E-state index contributed by atoms with van der Waals surface area (Å²) in [4.78, 5) is 0. The Hall–Kier alpha value is -3.52. The highest BCUT2D eigenvalue weighted by Crippen LogP contribution is 2.49. The van der Waals surface area contributed by atoms with E-state index >= 15 is 0 Å². The molecule has 46 heavy (non-hydrogen) atoms. The van der Waals surface area contributed by atoms with E-state index in [4.69, 9.17) is 0 Å². The number of unbranched alkanes of at least 4 members (excludes halogenated alkanes) is 10. The molecule has 0 amide bonds. The van der Waals surface area contributed by atoms with Gasteiger partial charge in [-0.25, -0.2) is 0 Å². The number of para-hydroxylation sites is 2. The van der Waals surface area contributed by atoms with E-state index in [0.29, 0.717) is 0 Å². The molecular weight excluding hydrogens is 556 g/mol. The molecule has 2 aromatic heterocycles. The Labute approximate surface area is 277 Å². The van der Waals surface area contributed by atoms with Gasteiger partial charge in [0.05, 0.1) is 0 Å². The van der Waals surface area contributed by atoms with Crippen LogP contribution in [0.5, 0.6) is 0 Å². The lowest BCUT2D eigenvalue weighted by molar-refractivity contribution is 0.554. The topological polar surface area (TPSA) is 9.86 Å². The number of nitrogens with zero attached hydrogens (tertiary/aromatic N) is 2. The van der Waals surface area contributed by atoms with Gasteiger partial charge in [-0.1, -0.05) is 151 Å². The van der Waals surface area contributed by atoms with Crippen LogP contribution in [0, 0.1) is 13.8 Å². The highest BCUT2D eigenvalue weighted by Gasteiger charge is 2.40. The van der Waals surface area contributed by atoms with E-state index in [-0.39, 0.29) is 5.41 Å². The van der Waals surface area contributed by atoms with Gasteiger partial charge in [0.25, 0.3) is 0 Å². The Morgan fingerprint density at radius 3 is 1.48 bits per heavy atom. The summed E-state index contributed by atoms with van der Waals surface area (Å²) >= 11 is 0. The first kappa shape index (κ1) is 32.4. The number of fused-ring (bicyclic) bond motifs is 3. The van der Waals surface area contributed by atoms with Crippen molar-refractivity contribution in [2.75, 3.05) is 0 Å². The number of aryl methyl sites for hydroxylation is 2. The molecular formula is C44H56N2. The van der Waals surface area contributed by atoms with Gasteiger partial charge < -0.3 is 9.13 Å². The molecule has 0 saturated carbocycles. The zero-order valence-electron chi connectivity index (χ0n) is 29.1. The van der Waals surface area contributed by atoms with E-state index in [9.17, 15) is 0 Å². The van der Waals surface area contributed by atoms with Gasteiger partial charge in [-0.05, 0) is 66.8 Å². The van der Waals surface area contributed by atoms with Crippen molar-refractivity contribution in [2.45, 2.75) is 130 Å². The van der Waals surface area contributed by atoms with E-state index in [2.05, 4.69) is 122 Å². The monoisotopic (exact) mass is 612 g/mol. The van der Waals surface area contributed by atoms with E-state index < -0.39 is 0 Å². The molecule has 6 rings (SSSR count). The molecule has 0 unspecified atom stereocenters. The third-order valence-corrected chi connectivity index (χ3v) is 10.9. The summed E-state index contributed by atoms with van der Waals surface area (Å²) < 4.78 is 5.32. The number of aromatic nitrogens is 2. The normalized spacial score (nSPS) is 14.0. The van der Waals surface area contributed by atoms with E-state index in [1.165, 1.54) is 132 Å². The molecule has 0 atom stereocenters. The Morgan fingerprint density at radius 2 is 0.957 bits per heavy atom. The van der Waals surface area contributed by atoms with E-state index in [1.807, 2.05) is 0 Å². The van der Waals surface area contributed by atoms with Gasteiger partial charge in [0.2, 0.25) is 0 Å². The van der Waals surface area contributed by atoms with Gasteiger partial charge in [0.15, 0.2) is 0 Å². The Bertz CT molecular complexity index is 1780.